The van der Waals surface area contributed by atoms with Gasteiger partial charge in [-0.05, 0) is 46.5 Å². The third-order valence-corrected chi connectivity index (χ3v) is 3.42. The molecule has 15 heavy (non-hydrogen) atoms. The molecule has 0 unspecified atom stereocenters. The zero-order valence-corrected chi connectivity index (χ0v) is 10.8. The molecule has 3 nitrogen and oxygen atoms in total. The van der Waals surface area contributed by atoms with Gasteiger partial charge in [-0.3, -0.25) is 0 Å². The highest BCUT2D eigenvalue weighted by molar-refractivity contribution is 9.10. The summed E-state index contributed by atoms with van der Waals surface area (Å²) in [5, 5.41) is 4.44. The van der Waals surface area contributed by atoms with Gasteiger partial charge in [0.25, 0.3) is 0 Å². The van der Waals surface area contributed by atoms with E-state index in [2.05, 4.69) is 52.9 Å². The van der Waals surface area contributed by atoms with E-state index in [1.54, 1.807) is 0 Å². The molecule has 4 heteroatoms. The van der Waals surface area contributed by atoms with Gasteiger partial charge in [0.15, 0.2) is 11.5 Å². The minimum Gasteiger partial charge on any atom is -0.212 e. The second-order valence-corrected chi connectivity index (χ2v) is 4.35. The summed E-state index contributed by atoms with van der Waals surface area (Å²) in [6.07, 6.45) is 1.87. The first kappa shape index (κ1) is 10.6. The van der Waals surface area contributed by atoms with Crippen LogP contribution >= 0.6 is 15.9 Å². The van der Waals surface area contributed by atoms with Crippen molar-refractivity contribution in [2.24, 2.45) is 0 Å². The number of aromatic nitrogens is 3. The van der Waals surface area contributed by atoms with Crippen molar-refractivity contribution < 1.29 is 0 Å². The summed E-state index contributed by atoms with van der Waals surface area (Å²) in [6.45, 7) is 6.33. The standard InChI is InChI=1S/C11H14BrN3/c1-4-8-7(3)6-10-13-9(5-2)14-15(10)11(8)12/h6H,4-5H2,1-3H3. The summed E-state index contributed by atoms with van der Waals surface area (Å²) >= 11 is 3.60. The average molecular weight is 268 g/mol. The normalized spacial score (nSPS) is 11.2. The fraction of sp³-hybridized carbons (Fsp3) is 0.455. The quantitative estimate of drug-likeness (QED) is 0.784. The Morgan fingerprint density at radius 1 is 1.33 bits per heavy atom. The van der Waals surface area contributed by atoms with Crippen molar-refractivity contribution in [2.75, 3.05) is 0 Å². The summed E-state index contributed by atoms with van der Waals surface area (Å²) in [7, 11) is 0. The first-order chi connectivity index (χ1) is 7.17. The van der Waals surface area contributed by atoms with Crippen LogP contribution in [0.1, 0.15) is 30.8 Å². The maximum absolute atomic E-state index is 4.45. The highest BCUT2D eigenvalue weighted by Crippen LogP contribution is 2.22. The molecule has 0 saturated carbocycles. The zero-order chi connectivity index (χ0) is 11.0. The maximum atomic E-state index is 4.45. The van der Waals surface area contributed by atoms with E-state index in [0.29, 0.717) is 0 Å². The lowest BCUT2D eigenvalue weighted by molar-refractivity contribution is 0.854. The summed E-state index contributed by atoms with van der Waals surface area (Å²) in [4.78, 5) is 4.45. The lowest BCUT2D eigenvalue weighted by Gasteiger charge is -2.06. The number of rotatable bonds is 2. The molecule has 0 bridgehead atoms. The molecule has 0 aliphatic heterocycles. The molecular weight excluding hydrogens is 254 g/mol. The topological polar surface area (TPSA) is 30.2 Å². The average Bonchev–Trinajstić information content (AvgIpc) is 2.61. The van der Waals surface area contributed by atoms with Crippen LogP contribution in [0.2, 0.25) is 0 Å². The number of nitrogens with zero attached hydrogens (tertiary/aromatic N) is 3. The molecule has 0 amide bonds. The molecule has 0 aromatic carbocycles. The molecular formula is C11H14BrN3. The predicted molar refractivity (Wildman–Crippen MR) is 64.2 cm³/mol. The Bertz CT molecular complexity index is 502. The molecule has 0 aliphatic rings. The van der Waals surface area contributed by atoms with Gasteiger partial charge in [0.1, 0.15) is 4.60 Å². The Kier molecular flexibility index (Phi) is 2.78. The van der Waals surface area contributed by atoms with Gasteiger partial charge < -0.3 is 0 Å². The predicted octanol–water partition coefficient (Wildman–Crippen LogP) is 2.93. The Morgan fingerprint density at radius 2 is 2.07 bits per heavy atom. The fourth-order valence-corrected chi connectivity index (χ4v) is 2.61. The van der Waals surface area contributed by atoms with Crippen molar-refractivity contribution in [2.45, 2.75) is 33.6 Å². The van der Waals surface area contributed by atoms with Crippen molar-refractivity contribution in [1.29, 1.82) is 0 Å². The Labute approximate surface area is 97.6 Å². The van der Waals surface area contributed by atoms with Crippen LogP contribution < -0.4 is 0 Å². The molecule has 2 rings (SSSR count). The Balaban J connectivity index is 2.76. The maximum Gasteiger partial charge on any atom is 0.157 e. The second-order valence-electron chi connectivity index (χ2n) is 3.60. The first-order valence-corrected chi connectivity index (χ1v) is 6.00. The third kappa shape index (κ3) is 1.67. The monoisotopic (exact) mass is 267 g/mol. The van der Waals surface area contributed by atoms with Crippen molar-refractivity contribution in [3.05, 3.63) is 27.6 Å². The van der Waals surface area contributed by atoms with E-state index in [-0.39, 0.29) is 0 Å². The lowest BCUT2D eigenvalue weighted by atomic mass is 10.1. The van der Waals surface area contributed by atoms with E-state index in [4.69, 9.17) is 0 Å². The smallest absolute Gasteiger partial charge is 0.157 e. The molecule has 0 N–H and O–H groups in total. The van der Waals surface area contributed by atoms with Crippen LogP contribution in [0.15, 0.2) is 10.7 Å². The SMILES string of the molecule is CCc1nc2cc(C)c(CC)c(Br)n2n1. The molecule has 0 atom stereocenters. The molecule has 2 heterocycles. The summed E-state index contributed by atoms with van der Waals surface area (Å²) in [6, 6.07) is 2.09. The van der Waals surface area contributed by atoms with Gasteiger partial charge in [0.2, 0.25) is 0 Å². The number of halogens is 1. The van der Waals surface area contributed by atoms with Gasteiger partial charge in [0, 0.05) is 6.42 Å². The van der Waals surface area contributed by atoms with Crippen LogP contribution in [-0.2, 0) is 12.8 Å². The molecule has 0 radical (unpaired) electrons. The minimum atomic E-state index is 0.870. The lowest BCUT2D eigenvalue weighted by Crippen LogP contribution is -1.98. The van der Waals surface area contributed by atoms with Gasteiger partial charge >= 0.3 is 0 Å². The van der Waals surface area contributed by atoms with Gasteiger partial charge in [-0.2, -0.15) is 5.10 Å². The fourth-order valence-electron chi connectivity index (χ4n) is 1.75. The largest absolute Gasteiger partial charge is 0.212 e. The molecule has 0 saturated heterocycles. The number of hydrogen-bond donors (Lipinski definition) is 0. The number of aryl methyl sites for hydroxylation is 2. The highest BCUT2D eigenvalue weighted by Gasteiger charge is 2.10. The molecule has 0 spiro atoms. The van der Waals surface area contributed by atoms with Crippen molar-refractivity contribution in [1.82, 2.24) is 14.6 Å². The number of pyridine rings is 1. The zero-order valence-electron chi connectivity index (χ0n) is 9.21. The van der Waals surface area contributed by atoms with Crippen molar-refractivity contribution in [3.8, 4) is 0 Å². The van der Waals surface area contributed by atoms with E-state index >= 15 is 0 Å². The van der Waals surface area contributed by atoms with Crippen LogP contribution in [0, 0.1) is 6.92 Å². The van der Waals surface area contributed by atoms with E-state index in [1.807, 2.05) is 4.52 Å². The number of hydrogen-bond acceptors (Lipinski definition) is 2. The van der Waals surface area contributed by atoms with Crippen LogP contribution in [-0.4, -0.2) is 14.6 Å². The van der Waals surface area contributed by atoms with Crippen molar-refractivity contribution in [3.63, 3.8) is 0 Å². The summed E-state index contributed by atoms with van der Waals surface area (Å²) in [5.74, 6) is 0.892. The Hall–Kier alpha value is -0.900. The first-order valence-electron chi connectivity index (χ1n) is 5.21. The van der Waals surface area contributed by atoms with E-state index in [1.165, 1.54) is 11.1 Å². The van der Waals surface area contributed by atoms with Gasteiger partial charge in [-0.25, -0.2) is 9.50 Å². The molecule has 0 fully saturated rings. The summed E-state index contributed by atoms with van der Waals surface area (Å²) < 4.78 is 2.91. The molecule has 80 valence electrons. The van der Waals surface area contributed by atoms with Gasteiger partial charge in [0.05, 0.1) is 0 Å². The van der Waals surface area contributed by atoms with Crippen LogP contribution in [0.25, 0.3) is 5.65 Å². The van der Waals surface area contributed by atoms with E-state index in [9.17, 15) is 0 Å². The van der Waals surface area contributed by atoms with Crippen molar-refractivity contribution >= 4 is 21.6 Å². The van der Waals surface area contributed by atoms with Crippen LogP contribution in [0.4, 0.5) is 0 Å². The van der Waals surface area contributed by atoms with Crippen LogP contribution in [0.5, 0.6) is 0 Å². The molecule has 2 aromatic heterocycles. The van der Waals surface area contributed by atoms with Gasteiger partial charge in [-0.15, -0.1) is 0 Å². The van der Waals surface area contributed by atoms with E-state index < -0.39 is 0 Å². The van der Waals surface area contributed by atoms with Gasteiger partial charge in [-0.1, -0.05) is 13.8 Å². The minimum absolute atomic E-state index is 0.870. The molecule has 2 aromatic rings. The number of fused-ring (bicyclic) bond motifs is 1. The second kappa shape index (κ2) is 3.93. The highest BCUT2D eigenvalue weighted by atomic mass is 79.9. The molecule has 0 aliphatic carbocycles. The van der Waals surface area contributed by atoms with Crippen LogP contribution in [0.3, 0.4) is 0 Å². The third-order valence-electron chi connectivity index (χ3n) is 2.60. The van der Waals surface area contributed by atoms with E-state index in [0.717, 1.165) is 28.9 Å². The summed E-state index contributed by atoms with van der Waals surface area (Å²) in [5.41, 5.74) is 3.50. The Morgan fingerprint density at radius 3 is 2.67 bits per heavy atom.